The Hall–Kier alpha value is -1.66. The zero-order valence-electron chi connectivity index (χ0n) is 12.3. The minimum Gasteiger partial charge on any atom is -0.383 e. The van der Waals surface area contributed by atoms with E-state index in [0.29, 0.717) is 13.2 Å². The highest BCUT2D eigenvalue weighted by Gasteiger charge is 2.24. The summed E-state index contributed by atoms with van der Waals surface area (Å²) in [6.07, 6.45) is 0.766. The Morgan fingerprint density at radius 1 is 1.52 bits per heavy atom. The van der Waals surface area contributed by atoms with Gasteiger partial charge in [-0.25, -0.2) is 0 Å². The van der Waals surface area contributed by atoms with Crippen molar-refractivity contribution in [2.24, 2.45) is 0 Å². The smallest absolute Gasteiger partial charge is 0.270 e. The maximum absolute atomic E-state index is 12.6. The summed E-state index contributed by atoms with van der Waals surface area (Å²) in [5.74, 6) is -0.324. The van der Waals surface area contributed by atoms with Crippen LogP contribution in [0.4, 0.5) is 5.69 Å². The molecule has 1 aromatic carbocycles. The van der Waals surface area contributed by atoms with Crippen molar-refractivity contribution < 1.29 is 14.5 Å². The molecule has 0 saturated carbocycles. The lowest BCUT2D eigenvalue weighted by atomic mass is 10.1. The fourth-order valence-electron chi connectivity index (χ4n) is 1.88. The number of carbonyl (C=O) groups is 1. The quantitative estimate of drug-likeness (QED) is 0.572. The molecule has 0 aliphatic carbocycles. The fourth-order valence-corrected chi connectivity index (χ4v) is 2.08. The van der Waals surface area contributed by atoms with Crippen molar-refractivity contribution in [3.63, 3.8) is 0 Å². The third-order valence-corrected chi connectivity index (χ3v) is 3.64. The molecule has 1 amide bonds. The summed E-state index contributed by atoms with van der Waals surface area (Å²) in [4.78, 5) is 24.5. The lowest BCUT2D eigenvalue weighted by Crippen LogP contribution is -2.40. The molecular formula is C14H19ClN2O4. The molecule has 0 bridgehead atoms. The molecule has 1 rings (SSSR count). The van der Waals surface area contributed by atoms with Gasteiger partial charge in [0.05, 0.1) is 22.1 Å². The van der Waals surface area contributed by atoms with E-state index in [1.54, 1.807) is 12.0 Å². The minimum atomic E-state index is -0.546. The average Bonchev–Trinajstić information content (AvgIpc) is 2.47. The van der Waals surface area contributed by atoms with Crippen molar-refractivity contribution in [2.45, 2.75) is 26.3 Å². The number of hydrogen-bond acceptors (Lipinski definition) is 4. The Kier molecular flexibility index (Phi) is 6.58. The molecule has 21 heavy (non-hydrogen) atoms. The van der Waals surface area contributed by atoms with Crippen LogP contribution in [0.5, 0.6) is 0 Å². The van der Waals surface area contributed by atoms with Gasteiger partial charge in [-0.05, 0) is 19.4 Å². The average molecular weight is 315 g/mol. The number of non-ortho nitro benzene ring substituents is 1. The predicted octanol–water partition coefficient (Wildman–Crippen LogP) is 3.14. The number of nitrogens with zero attached hydrogens (tertiary/aromatic N) is 2. The summed E-state index contributed by atoms with van der Waals surface area (Å²) < 4.78 is 5.01. The number of nitro benzene ring substituents is 1. The van der Waals surface area contributed by atoms with E-state index in [-0.39, 0.29) is 28.2 Å². The summed E-state index contributed by atoms with van der Waals surface area (Å²) in [5, 5.41) is 11.0. The van der Waals surface area contributed by atoms with E-state index < -0.39 is 4.92 Å². The SMILES string of the molecule is CCC(C)N(CCOC)C(=O)c1cc([N+](=O)[O-])ccc1Cl. The second kappa shape index (κ2) is 7.95. The number of amides is 1. The van der Waals surface area contributed by atoms with Gasteiger partial charge in [0.2, 0.25) is 0 Å². The third-order valence-electron chi connectivity index (χ3n) is 3.31. The van der Waals surface area contributed by atoms with Gasteiger partial charge in [-0.15, -0.1) is 0 Å². The molecule has 0 aliphatic heterocycles. The summed E-state index contributed by atoms with van der Waals surface area (Å²) in [6, 6.07) is 3.86. The number of halogens is 1. The van der Waals surface area contributed by atoms with E-state index >= 15 is 0 Å². The topological polar surface area (TPSA) is 72.7 Å². The molecule has 0 saturated heterocycles. The second-order valence-electron chi connectivity index (χ2n) is 4.67. The zero-order valence-corrected chi connectivity index (χ0v) is 13.1. The van der Waals surface area contributed by atoms with Crippen LogP contribution in [-0.2, 0) is 4.74 Å². The lowest BCUT2D eigenvalue weighted by molar-refractivity contribution is -0.384. The van der Waals surface area contributed by atoms with Crippen molar-refractivity contribution in [1.82, 2.24) is 4.90 Å². The molecular weight excluding hydrogens is 296 g/mol. The first-order chi connectivity index (χ1) is 9.92. The molecule has 0 fully saturated rings. The van der Waals surface area contributed by atoms with Crippen molar-refractivity contribution in [3.8, 4) is 0 Å². The maximum Gasteiger partial charge on any atom is 0.270 e. The predicted molar refractivity (Wildman–Crippen MR) is 80.8 cm³/mol. The zero-order chi connectivity index (χ0) is 16.0. The number of ether oxygens (including phenoxy) is 1. The Balaban J connectivity index is 3.12. The molecule has 1 aromatic rings. The number of nitro groups is 1. The highest BCUT2D eigenvalue weighted by Crippen LogP contribution is 2.24. The molecule has 0 N–H and O–H groups in total. The van der Waals surface area contributed by atoms with Gasteiger partial charge < -0.3 is 9.64 Å². The van der Waals surface area contributed by atoms with Gasteiger partial charge >= 0.3 is 0 Å². The number of methoxy groups -OCH3 is 1. The van der Waals surface area contributed by atoms with Crippen LogP contribution in [0.3, 0.4) is 0 Å². The third kappa shape index (κ3) is 4.41. The van der Waals surface area contributed by atoms with Crippen LogP contribution in [-0.4, -0.2) is 42.0 Å². The maximum atomic E-state index is 12.6. The first-order valence-electron chi connectivity index (χ1n) is 6.66. The first kappa shape index (κ1) is 17.4. The Morgan fingerprint density at radius 2 is 2.19 bits per heavy atom. The Bertz CT molecular complexity index is 522. The molecule has 1 unspecified atom stereocenters. The van der Waals surface area contributed by atoms with E-state index in [0.717, 1.165) is 6.42 Å². The van der Waals surface area contributed by atoms with Crippen molar-refractivity contribution in [3.05, 3.63) is 38.9 Å². The van der Waals surface area contributed by atoms with E-state index in [9.17, 15) is 14.9 Å². The van der Waals surface area contributed by atoms with Gasteiger partial charge in [-0.3, -0.25) is 14.9 Å². The summed E-state index contributed by atoms with van der Waals surface area (Å²) in [6.45, 7) is 4.68. The molecule has 116 valence electrons. The molecule has 1 atom stereocenters. The van der Waals surface area contributed by atoms with Crippen LogP contribution >= 0.6 is 11.6 Å². The number of benzene rings is 1. The molecule has 0 aliphatic rings. The van der Waals surface area contributed by atoms with Crippen LogP contribution in [0.2, 0.25) is 5.02 Å². The number of hydrogen-bond donors (Lipinski definition) is 0. The van der Waals surface area contributed by atoms with Gasteiger partial charge in [0, 0.05) is 31.8 Å². The molecule has 0 radical (unpaired) electrons. The largest absolute Gasteiger partial charge is 0.383 e. The van der Waals surface area contributed by atoms with E-state index in [1.165, 1.54) is 18.2 Å². The van der Waals surface area contributed by atoms with Gasteiger partial charge in [0.1, 0.15) is 0 Å². The van der Waals surface area contributed by atoms with Gasteiger partial charge in [0.25, 0.3) is 11.6 Å². The lowest BCUT2D eigenvalue weighted by Gasteiger charge is -2.28. The van der Waals surface area contributed by atoms with Gasteiger partial charge in [-0.2, -0.15) is 0 Å². The first-order valence-corrected chi connectivity index (χ1v) is 7.04. The van der Waals surface area contributed by atoms with Crippen molar-refractivity contribution in [1.29, 1.82) is 0 Å². The van der Waals surface area contributed by atoms with Gasteiger partial charge in [-0.1, -0.05) is 18.5 Å². The summed E-state index contributed by atoms with van der Waals surface area (Å²) >= 11 is 6.02. The van der Waals surface area contributed by atoms with Gasteiger partial charge in [0.15, 0.2) is 0 Å². The van der Waals surface area contributed by atoms with Crippen molar-refractivity contribution in [2.75, 3.05) is 20.3 Å². The standard InChI is InChI=1S/C14H19ClN2O4/c1-4-10(2)16(7-8-21-3)14(18)12-9-11(17(19)20)5-6-13(12)15/h5-6,9-10H,4,7-8H2,1-3H3. The molecule has 0 spiro atoms. The monoisotopic (exact) mass is 314 g/mol. The highest BCUT2D eigenvalue weighted by atomic mass is 35.5. The molecule has 7 heteroatoms. The van der Waals surface area contributed by atoms with E-state index in [1.807, 2.05) is 13.8 Å². The molecule has 0 heterocycles. The Labute approximate surface area is 128 Å². The fraction of sp³-hybridized carbons (Fsp3) is 0.500. The van der Waals surface area contributed by atoms with Crippen molar-refractivity contribution >= 4 is 23.2 Å². The van der Waals surface area contributed by atoms with Crippen LogP contribution in [0.25, 0.3) is 0 Å². The van der Waals surface area contributed by atoms with E-state index in [4.69, 9.17) is 16.3 Å². The highest BCUT2D eigenvalue weighted by molar-refractivity contribution is 6.33. The van der Waals surface area contributed by atoms with E-state index in [2.05, 4.69) is 0 Å². The normalized spacial score (nSPS) is 12.0. The Morgan fingerprint density at radius 3 is 2.71 bits per heavy atom. The van der Waals surface area contributed by atoms with Crippen LogP contribution < -0.4 is 0 Å². The van der Waals surface area contributed by atoms with Crippen LogP contribution in [0.1, 0.15) is 30.6 Å². The molecule has 6 nitrogen and oxygen atoms in total. The number of carbonyl (C=O) groups excluding carboxylic acids is 1. The van der Waals surface area contributed by atoms with Crippen LogP contribution in [0, 0.1) is 10.1 Å². The minimum absolute atomic E-state index is 0.0111. The second-order valence-corrected chi connectivity index (χ2v) is 5.08. The summed E-state index contributed by atoms with van der Waals surface area (Å²) in [5.41, 5.74) is -0.0131. The molecule has 0 aromatic heterocycles. The van der Waals surface area contributed by atoms with Crippen LogP contribution in [0.15, 0.2) is 18.2 Å². The number of rotatable bonds is 7. The summed E-state index contributed by atoms with van der Waals surface area (Å²) in [7, 11) is 1.56.